The summed E-state index contributed by atoms with van der Waals surface area (Å²) in [5.41, 5.74) is 0. The zero-order chi connectivity index (χ0) is 50.9. The minimum absolute atomic E-state index is 0.0701. The Bertz CT molecular complexity index is 1170. The number of ether oxygens (including phenoxy) is 6. The minimum atomic E-state index is -1.70. The molecule has 0 saturated carbocycles. The molecule has 0 radical (unpaired) electrons. The average molecular weight is 1010 g/mol. The molecule has 0 aliphatic carbocycles. The van der Waals surface area contributed by atoms with Crippen molar-refractivity contribution in [3.8, 4) is 0 Å². The van der Waals surface area contributed by atoms with Gasteiger partial charge in [-0.2, -0.15) is 0 Å². The summed E-state index contributed by atoms with van der Waals surface area (Å²) in [6, 6.07) is 0. The van der Waals surface area contributed by atoms with Gasteiger partial charge in [0.05, 0.1) is 26.4 Å². The Balaban J connectivity index is 1.65. The molecule has 2 aliphatic rings. The van der Waals surface area contributed by atoms with E-state index in [2.05, 4.69) is 13.8 Å². The van der Waals surface area contributed by atoms with Crippen LogP contribution in [0.2, 0.25) is 0 Å². The topological polar surface area (TPSA) is 214 Å². The van der Waals surface area contributed by atoms with E-state index in [1.54, 1.807) is 0 Å². The van der Waals surface area contributed by atoms with Crippen molar-refractivity contribution in [2.24, 2.45) is 0 Å². The van der Waals surface area contributed by atoms with E-state index in [-0.39, 0.29) is 25.6 Å². The highest BCUT2D eigenvalue weighted by molar-refractivity contribution is 5.69. The van der Waals surface area contributed by atoms with E-state index < -0.39 is 80.7 Å². The van der Waals surface area contributed by atoms with Gasteiger partial charge in [0.1, 0.15) is 54.9 Å². The molecule has 14 nitrogen and oxygen atoms in total. The van der Waals surface area contributed by atoms with Crippen molar-refractivity contribution in [3.05, 3.63) is 0 Å². The Morgan fingerprint density at radius 1 is 0.414 bits per heavy atom. The number of unbranched alkanes of at least 4 members (excludes halogenated alkanes) is 34. The van der Waals surface area contributed by atoms with Gasteiger partial charge in [0.25, 0.3) is 0 Å². The molecular weight excluding hydrogens is 897 g/mol. The fraction of sp³-hybridized carbons (Fsp3) is 0.982. The van der Waals surface area contributed by atoms with Crippen molar-refractivity contribution in [1.29, 1.82) is 0 Å². The molecule has 2 saturated heterocycles. The van der Waals surface area contributed by atoms with Gasteiger partial charge in [-0.05, 0) is 12.8 Å². The Labute approximate surface area is 425 Å². The number of rotatable bonds is 48. The summed E-state index contributed by atoms with van der Waals surface area (Å²) in [4.78, 5) is 13.0. The fourth-order valence-corrected chi connectivity index (χ4v) is 9.64. The maximum Gasteiger partial charge on any atom is 0.306 e. The SMILES string of the molecule is CCCCCCCCCCCCCCCCCCCCCCCCCCCC(=O)OC(COCCCCCCCCCCCCC)COC1OC(COC2OC(CO)C(O)C(O)C2O)C(O)C(O)C1O. The third-order valence-electron chi connectivity index (χ3n) is 14.4. The number of hydrogen-bond acceptors (Lipinski definition) is 14. The lowest BCUT2D eigenvalue weighted by atomic mass is 9.98. The van der Waals surface area contributed by atoms with Crippen LogP contribution in [0.5, 0.6) is 0 Å². The Hall–Kier alpha value is -1.01. The predicted octanol–water partition coefficient (Wildman–Crippen LogP) is 10.0. The number of esters is 1. The zero-order valence-corrected chi connectivity index (χ0v) is 44.5. The monoisotopic (exact) mass is 1000 g/mol. The maximum atomic E-state index is 13.0. The second kappa shape index (κ2) is 44.3. The van der Waals surface area contributed by atoms with Crippen LogP contribution in [-0.2, 0) is 33.2 Å². The van der Waals surface area contributed by atoms with E-state index in [1.807, 2.05) is 0 Å². The van der Waals surface area contributed by atoms with Gasteiger partial charge in [-0.3, -0.25) is 4.79 Å². The fourth-order valence-electron chi connectivity index (χ4n) is 9.64. The highest BCUT2D eigenvalue weighted by Crippen LogP contribution is 2.27. The van der Waals surface area contributed by atoms with E-state index >= 15 is 0 Å². The molecule has 14 heteroatoms. The first-order chi connectivity index (χ1) is 34.1. The summed E-state index contributed by atoms with van der Waals surface area (Å²) in [6.45, 7) is 3.74. The van der Waals surface area contributed by atoms with Gasteiger partial charge in [-0.1, -0.05) is 232 Å². The number of aliphatic hydroxyl groups is 7. The lowest BCUT2D eigenvalue weighted by Crippen LogP contribution is -2.61. The molecule has 70 heavy (non-hydrogen) atoms. The standard InChI is InChI=1S/C56H108O14/c1-3-5-7-9-11-13-15-16-17-18-19-20-21-22-23-24-25-26-27-28-29-31-33-35-37-39-48(58)68-45(42-65-40-38-36-34-32-30-14-12-10-8-6-4-2)43-66-55-54(64)52(62)50(60)47(70-55)44-67-56-53(63)51(61)49(59)46(41-57)69-56/h45-47,49-57,59-64H,3-44H2,1-2H3. The third-order valence-corrected chi connectivity index (χ3v) is 14.4. The number of carbonyl (C=O) groups is 1. The highest BCUT2D eigenvalue weighted by Gasteiger charge is 2.47. The first-order valence-corrected chi connectivity index (χ1v) is 29.1. The predicted molar refractivity (Wildman–Crippen MR) is 275 cm³/mol. The molecule has 0 aromatic rings. The van der Waals surface area contributed by atoms with Gasteiger partial charge in [0, 0.05) is 13.0 Å². The van der Waals surface area contributed by atoms with Crippen molar-refractivity contribution in [3.63, 3.8) is 0 Å². The van der Waals surface area contributed by atoms with Crippen LogP contribution in [0.4, 0.5) is 0 Å². The van der Waals surface area contributed by atoms with Crippen LogP contribution < -0.4 is 0 Å². The first kappa shape index (κ1) is 65.1. The van der Waals surface area contributed by atoms with Crippen LogP contribution in [0.1, 0.15) is 251 Å². The molecule has 11 unspecified atom stereocenters. The molecule has 0 aromatic carbocycles. The van der Waals surface area contributed by atoms with Gasteiger partial charge >= 0.3 is 5.97 Å². The molecule has 7 N–H and O–H groups in total. The molecule has 0 amide bonds. The first-order valence-electron chi connectivity index (χ1n) is 29.1. The molecule has 2 aliphatic heterocycles. The molecule has 2 heterocycles. The summed E-state index contributed by atoms with van der Waals surface area (Å²) < 4.78 is 34.3. The molecule has 0 bridgehead atoms. The van der Waals surface area contributed by atoms with Gasteiger partial charge < -0.3 is 64.2 Å². The number of carbonyl (C=O) groups excluding carboxylic acids is 1. The zero-order valence-electron chi connectivity index (χ0n) is 44.5. The van der Waals surface area contributed by atoms with Gasteiger partial charge in [-0.25, -0.2) is 0 Å². The van der Waals surface area contributed by atoms with Crippen molar-refractivity contribution in [1.82, 2.24) is 0 Å². The summed E-state index contributed by atoms with van der Waals surface area (Å²) in [5.74, 6) is -0.368. The van der Waals surface area contributed by atoms with Crippen LogP contribution >= 0.6 is 0 Å². The van der Waals surface area contributed by atoms with E-state index in [0.29, 0.717) is 6.61 Å². The summed E-state index contributed by atoms with van der Waals surface area (Å²) in [6.07, 6.45) is 30.4. The van der Waals surface area contributed by atoms with E-state index in [0.717, 1.165) is 44.9 Å². The van der Waals surface area contributed by atoms with Crippen molar-refractivity contribution >= 4 is 5.97 Å². The smallest absolute Gasteiger partial charge is 0.306 e. The lowest BCUT2D eigenvalue weighted by molar-refractivity contribution is -0.332. The van der Waals surface area contributed by atoms with Crippen LogP contribution in [0.15, 0.2) is 0 Å². The van der Waals surface area contributed by atoms with E-state index in [1.165, 1.54) is 186 Å². The molecule has 11 atom stereocenters. The quantitative estimate of drug-likeness (QED) is 0.0223. The molecule has 0 aromatic heterocycles. The maximum absolute atomic E-state index is 13.0. The Kier molecular flexibility index (Phi) is 41.2. The minimum Gasteiger partial charge on any atom is -0.457 e. The lowest BCUT2D eigenvalue weighted by Gasteiger charge is -2.42. The molecule has 2 rings (SSSR count). The third kappa shape index (κ3) is 31.0. The Morgan fingerprint density at radius 2 is 0.757 bits per heavy atom. The Morgan fingerprint density at radius 3 is 1.16 bits per heavy atom. The highest BCUT2D eigenvalue weighted by atomic mass is 16.7. The van der Waals surface area contributed by atoms with Crippen molar-refractivity contribution < 1.29 is 69.0 Å². The van der Waals surface area contributed by atoms with Gasteiger partial charge in [-0.15, -0.1) is 0 Å². The second-order valence-electron chi connectivity index (χ2n) is 20.8. The van der Waals surface area contributed by atoms with Crippen LogP contribution in [0.25, 0.3) is 0 Å². The largest absolute Gasteiger partial charge is 0.457 e. The summed E-state index contributed by atoms with van der Waals surface area (Å²) in [5, 5.41) is 72.2. The van der Waals surface area contributed by atoms with E-state index in [9.17, 15) is 40.5 Å². The molecule has 2 fully saturated rings. The molecular formula is C56H108O14. The van der Waals surface area contributed by atoms with Crippen molar-refractivity contribution in [2.75, 3.05) is 33.0 Å². The number of hydrogen-bond donors (Lipinski definition) is 7. The van der Waals surface area contributed by atoms with Gasteiger partial charge in [0.15, 0.2) is 12.6 Å². The molecule has 0 spiro atoms. The van der Waals surface area contributed by atoms with Crippen LogP contribution in [-0.4, -0.2) is 142 Å². The molecule has 416 valence electrons. The second-order valence-corrected chi connectivity index (χ2v) is 20.8. The van der Waals surface area contributed by atoms with Gasteiger partial charge in [0.2, 0.25) is 0 Å². The van der Waals surface area contributed by atoms with Crippen LogP contribution in [0.3, 0.4) is 0 Å². The summed E-state index contributed by atoms with van der Waals surface area (Å²) >= 11 is 0. The number of aliphatic hydroxyl groups excluding tert-OH is 7. The normalized spacial score (nSPS) is 25.4. The van der Waals surface area contributed by atoms with E-state index in [4.69, 9.17) is 28.4 Å². The average Bonchev–Trinajstić information content (AvgIpc) is 3.36. The van der Waals surface area contributed by atoms with Crippen LogP contribution in [0, 0.1) is 0 Å². The summed E-state index contributed by atoms with van der Waals surface area (Å²) in [7, 11) is 0. The van der Waals surface area contributed by atoms with Crippen molar-refractivity contribution in [2.45, 2.75) is 319 Å².